The van der Waals surface area contributed by atoms with E-state index in [-0.39, 0.29) is 11.3 Å². The molecule has 2 aliphatic heterocycles. The zero-order chi connectivity index (χ0) is 13.5. The molecular formula is C16H20N2O. The molecule has 1 fully saturated rings. The van der Waals surface area contributed by atoms with Crippen LogP contribution in [0.1, 0.15) is 35.7 Å². The molecule has 1 unspecified atom stereocenters. The van der Waals surface area contributed by atoms with Gasteiger partial charge < -0.3 is 10.2 Å². The number of benzene rings is 1. The minimum atomic E-state index is 0.104. The van der Waals surface area contributed by atoms with Gasteiger partial charge in [0.15, 0.2) is 0 Å². The first-order valence-electron chi connectivity index (χ1n) is 6.92. The van der Waals surface area contributed by atoms with Crippen LogP contribution in [0.15, 0.2) is 30.8 Å². The molecule has 0 bridgehead atoms. The Bertz CT molecular complexity index is 494. The van der Waals surface area contributed by atoms with Crippen LogP contribution in [0, 0.1) is 5.41 Å². The molecule has 19 heavy (non-hydrogen) atoms. The Kier molecular flexibility index (Phi) is 2.94. The summed E-state index contributed by atoms with van der Waals surface area (Å²) in [7, 11) is 0. The van der Waals surface area contributed by atoms with E-state index < -0.39 is 0 Å². The maximum atomic E-state index is 12.5. The summed E-state index contributed by atoms with van der Waals surface area (Å²) in [6.45, 7) is 9.18. The van der Waals surface area contributed by atoms with Crippen LogP contribution in [0.25, 0.3) is 5.70 Å². The van der Waals surface area contributed by atoms with Crippen molar-refractivity contribution < 1.29 is 4.79 Å². The molecule has 1 atom stereocenters. The van der Waals surface area contributed by atoms with E-state index in [1.165, 1.54) is 6.42 Å². The zero-order valence-corrected chi connectivity index (χ0v) is 11.4. The van der Waals surface area contributed by atoms with E-state index in [2.05, 4.69) is 18.8 Å². The zero-order valence-electron chi connectivity index (χ0n) is 11.4. The average Bonchev–Trinajstić information content (AvgIpc) is 2.65. The lowest BCUT2D eigenvalue weighted by Gasteiger charge is -2.37. The highest BCUT2D eigenvalue weighted by Gasteiger charge is 2.37. The van der Waals surface area contributed by atoms with Crippen molar-refractivity contribution >= 4 is 11.6 Å². The van der Waals surface area contributed by atoms with E-state index in [1.807, 2.05) is 29.2 Å². The number of amides is 1. The topological polar surface area (TPSA) is 32.3 Å². The van der Waals surface area contributed by atoms with E-state index in [9.17, 15) is 4.79 Å². The molecule has 0 spiro atoms. The van der Waals surface area contributed by atoms with Crippen LogP contribution in [0.2, 0.25) is 0 Å². The Morgan fingerprint density at radius 3 is 2.74 bits per heavy atom. The van der Waals surface area contributed by atoms with Crippen molar-refractivity contribution in [2.45, 2.75) is 19.8 Å². The molecule has 1 saturated heterocycles. The maximum absolute atomic E-state index is 12.5. The van der Waals surface area contributed by atoms with Crippen LogP contribution in [0.3, 0.4) is 0 Å². The molecule has 1 amide bonds. The van der Waals surface area contributed by atoms with Gasteiger partial charge in [0.05, 0.1) is 0 Å². The third-order valence-corrected chi connectivity index (χ3v) is 4.26. The summed E-state index contributed by atoms with van der Waals surface area (Å²) in [6.07, 6.45) is 2.34. The van der Waals surface area contributed by atoms with Gasteiger partial charge in [-0.25, -0.2) is 0 Å². The Balaban J connectivity index is 1.84. The minimum absolute atomic E-state index is 0.104. The Hall–Kier alpha value is -1.61. The summed E-state index contributed by atoms with van der Waals surface area (Å²) in [5.41, 5.74) is 2.78. The van der Waals surface area contributed by atoms with Crippen LogP contribution < -0.4 is 5.32 Å². The van der Waals surface area contributed by atoms with E-state index >= 15 is 0 Å². The number of nitrogens with zero attached hydrogens (tertiary/aromatic N) is 1. The van der Waals surface area contributed by atoms with Gasteiger partial charge in [-0.15, -0.1) is 0 Å². The van der Waals surface area contributed by atoms with Gasteiger partial charge in [0.25, 0.3) is 5.91 Å². The van der Waals surface area contributed by atoms with Gasteiger partial charge in [-0.3, -0.25) is 4.79 Å². The third kappa shape index (κ3) is 2.08. The van der Waals surface area contributed by atoms with Crippen molar-refractivity contribution in [3.63, 3.8) is 0 Å². The first-order chi connectivity index (χ1) is 9.11. The Morgan fingerprint density at radius 2 is 2.11 bits per heavy atom. The van der Waals surface area contributed by atoms with Crippen molar-refractivity contribution in [1.29, 1.82) is 0 Å². The SMILES string of the molecule is C=C1c2ccccc2C(=O)N1CC1(C)CCCNC1. The molecule has 1 N–H and O–H groups in total. The lowest BCUT2D eigenvalue weighted by Crippen LogP contribution is -2.45. The van der Waals surface area contributed by atoms with Gasteiger partial charge in [-0.2, -0.15) is 0 Å². The standard InChI is InChI=1S/C16H20N2O/c1-12-13-6-3-4-7-14(13)15(19)18(12)11-16(2)8-5-9-17-10-16/h3-4,6-7,17H,1,5,8-11H2,2H3. The molecule has 1 aromatic rings. The highest BCUT2D eigenvalue weighted by Crippen LogP contribution is 2.36. The quantitative estimate of drug-likeness (QED) is 0.881. The summed E-state index contributed by atoms with van der Waals surface area (Å²) < 4.78 is 0. The van der Waals surface area contributed by atoms with Crippen molar-refractivity contribution in [3.05, 3.63) is 42.0 Å². The second-order valence-corrected chi connectivity index (χ2v) is 5.97. The smallest absolute Gasteiger partial charge is 0.258 e. The summed E-state index contributed by atoms with van der Waals surface area (Å²) in [5.74, 6) is 0.104. The molecular weight excluding hydrogens is 236 g/mol. The number of hydrogen-bond acceptors (Lipinski definition) is 2. The van der Waals surface area contributed by atoms with Gasteiger partial charge in [0.1, 0.15) is 0 Å². The van der Waals surface area contributed by atoms with Gasteiger partial charge in [-0.1, -0.05) is 31.7 Å². The van der Waals surface area contributed by atoms with Crippen molar-refractivity contribution in [2.24, 2.45) is 5.41 Å². The van der Waals surface area contributed by atoms with E-state index in [4.69, 9.17) is 0 Å². The van der Waals surface area contributed by atoms with E-state index in [1.54, 1.807) is 0 Å². The van der Waals surface area contributed by atoms with Crippen molar-refractivity contribution in [2.75, 3.05) is 19.6 Å². The Morgan fingerprint density at radius 1 is 1.37 bits per heavy atom. The fourth-order valence-corrected chi connectivity index (χ4v) is 3.14. The highest BCUT2D eigenvalue weighted by molar-refractivity contribution is 6.08. The predicted molar refractivity (Wildman–Crippen MR) is 76.7 cm³/mol. The number of hydrogen-bond donors (Lipinski definition) is 1. The van der Waals surface area contributed by atoms with Gasteiger partial charge in [-0.05, 0) is 30.9 Å². The summed E-state index contributed by atoms with van der Waals surface area (Å²) in [4.78, 5) is 14.3. The van der Waals surface area contributed by atoms with E-state index in [0.717, 1.165) is 42.9 Å². The second kappa shape index (κ2) is 4.49. The average molecular weight is 256 g/mol. The number of fused-ring (bicyclic) bond motifs is 1. The molecule has 2 heterocycles. The molecule has 3 heteroatoms. The van der Waals surface area contributed by atoms with Crippen LogP contribution >= 0.6 is 0 Å². The first kappa shape index (κ1) is 12.4. The third-order valence-electron chi connectivity index (χ3n) is 4.26. The predicted octanol–water partition coefficient (Wildman–Crippen LogP) is 2.50. The molecule has 3 nitrogen and oxygen atoms in total. The molecule has 1 aromatic carbocycles. The molecule has 0 radical (unpaired) electrons. The fourth-order valence-electron chi connectivity index (χ4n) is 3.14. The molecule has 0 saturated carbocycles. The molecule has 0 aromatic heterocycles. The number of carbonyl (C=O) groups excluding carboxylic acids is 1. The van der Waals surface area contributed by atoms with Gasteiger partial charge in [0, 0.05) is 29.9 Å². The number of carbonyl (C=O) groups is 1. The van der Waals surface area contributed by atoms with Crippen molar-refractivity contribution in [1.82, 2.24) is 10.2 Å². The normalized spacial score (nSPS) is 26.7. The largest absolute Gasteiger partial charge is 0.316 e. The molecule has 0 aliphatic carbocycles. The summed E-state index contributed by atoms with van der Waals surface area (Å²) in [6, 6.07) is 7.75. The Labute approximate surface area is 114 Å². The van der Waals surface area contributed by atoms with Crippen LogP contribution in [-0.2, 0) is 0 Å². The molecule has 2 aliphatic rings. The van der Waals surface area contributed by atoms with Gasteiger partial charge >= 0.3 is 0 Å². The van der Waals surface area contributed by atoms with Gasteiger partial charge in [0.2, 0.25) is 0 Å². The van der Waals surface area contributed by atoms with Crippen LogP contribution in [0.5, 0.6) is 0 Å². The van der Waals surface area contributed by atoms with E-state index in [0.29, 0.717) is 0 Å². The first-order valence-corrected chi connectivity index (χ1v) is 6.92. The number of piperidine rings is 1. The monoisotopic (exact) mass is 256 g/mol. The summed E-state index contributed by atoms with van der Waals surface area (Å²) in [5, 5.41) is 3.43. The fraction of sp³-hybridized carbons (Fsp3) is 0.438. The summed E-state index contributed by atoms with van der Waals surface area (Å²) >= 11 is 0. The second-order valence-electron chi connectivity index (χ2n) is 5.97. The lowest BCUT2D eigenvalue weighted by atomic mass is 9.82. The maximum Gasteiger partial charge on any atom is 0.258 e. The minimum Gasteiger partial charge on any atom is -0.316 e. The number of nitrogens with one attached hydrogen (secondary N) is 1. The molecule has 3 rings (SSSR count). The highest BCUT2D eigenvalue weighted by atomic mass is 16.2. The van der Waals surface area contributed by atoms with Crippen LogP contribution in [0.4, 0.5) is 0 Å². The number of rotatable bonds is 2. The van der Waals surface area contributed by atoms with Crippen molar-refractivity contribution in [3.8, 4) is 0 Å². The lowest BCUT2D eigenvalue weighted by molar-refractivity contribution is 0.0776. The molecule has 100 valence electrons. The van der Waals surface area contributed by atoms with Crippen LogP contribution in [-0.4, -0.2) is 30.4 Å².